The molecule has 3 heterocycles. The van der Waals surface area contributed by atoms with Gasteiger partial charge in [0.2, 0.25) is 6.79 Å². The molecule has 5 nitrogen and oxygen atoms in total. The van der Waals surface area contributed by atoms with Gasteiger partial charge in [-0.1, -0.05) is 26.8 Å². The predicted octanol–water partition coefficient (Wildman–Crippen LogP) is 4.32. The van der Waals surface area contributed by atoms with Crippen molar-refractivity contribution in [3.63, 3.8) is 0 Å². The van der Waals surface area contributed by atoms with Crippen LogP contribution < -0.4 is 9.47 Å². The van der Waals surface area contributed by atoms with Gasteiger partial charge in [-0.25, -0.2) is 0 Å². The fourth-order valence-corrected chi connectivity index (χ4v) is 4.53. The first-order valence-corrected chi connectivity index (χ1v) is 10.2. The Hall–Kier alpha value is -2.01. The molecule has 1 fully saturated rings. The molecule has 2 atom stereocenters. The zero-order valence-electron chi connectivity index (χ0n) is 16.7. The highest BCUT2D eigenvalue weighted by Gasteiger charge is 2.26. The summed E-state index contributed by atoms with van der Waals surface area (Å²) in [4.78, 5) is 2.64. The highest BCUT2D eigenvalue weighted by atomic mass is 16.7. The Balaban J connectivity index is 1.35. The van der Waals surface area contributed by atoms with Crippen molar-refractivity contribution < 1.29 is 9.47 Å². The number of aromatic nitrogens is 2. The fraction of sp³-hybridized carbons (Fsp3) is 0.591. The Morgan fingerprint density at radius 2 is 2.07 bits per heavy atom. The zero-order valence-corrected chi connectivity index (χ0v) is 16.7. The number of ether oxygens (including phenoxy) is 2. The van der Waals surface area contributed by atoms with Crippen molar-refractivity contribution in [2.75, 3.05) is 26.4 Å². The molecular formula is C22H31N3O2. The van der Waals surface area contributed by atoms with Crippen molar-refractivity contribution in [1.29, 1.82) is 0 Å². The first-order chi connectivity index (χ1) is 13.1. The van der Waals surface area contributed by atoms with Crippen LogP contribution in [0.4, 0.5) is 0 Å². The lowest BCUT2D eigenvalue weighted by molar-refractivity contribution is 0.174. The molecule has 1 N–H and O–H groups in total. The molecule has 0 bridgehead atoms. The number of aromatic amines is 1. The van der Waals surface area contributed by atoms with Gasteiger partial charge >= 0.3 is 0 Å². The number of hydrogen-bond donors (Lipinski definition) is 1. The maximum Gasteiger partial charge on any atom is 0.231 e. The molecule has 5 heteroatoms. The van der Waals surface area contributed by atoms with E-state index in [0.29, 0.717) is 24.5 Å². The normalized spacial score (nSPS) is 21.0. The van der Waals surface area contributed by atoms with Crippen LogP contribution in [0.25, 0.3) is 0 Å². The zero-order chi connectivity index (χ0) is 18.8. The number of nitrogens with one attached hydrogen (secondary N) is 1. The molecule has 2 aromatic rings. The van der Waals surface area contributed by atoms with E-state index in [1.54, 1.807) is 0 Å². The molecular weight excluding hydrogens is 338 g/mol. The smallest absolute Gasteiger partial charge is 0.231 e. The summed E-state index contributed by atoms with van der Waals surface area (Å²) in [5, 5.41) is 7.62. The van der Waals surface area contributed by atoms with E-state index in [1.807, 2.05) is 12.3 Å². The van der Waals surface area contributed by atoms with Crippen molar-refractivity contribution >= 4 is 0 Å². The molecule has 1 aromatic carbocycles. The van der Waals surface area contributed by atoms with Crippen LogP contribution >= 0.6 is 0 Å². The largest absolute Gasteiger partial charge is 0.454 e. The third-order valence-corrected chi connectivity index (χ3v) is 5.83. The predicted molar refractivity (Wildman–Crippen MR) is 107 cm³/mol. The van der Waals surface area contributed by atoms with Crippen LogP contribution in [0, 0.1) is 5.92 Å². The van der Waals surface area contributed by atoms with Gasteiger partial charge in [-0.15, -0.1) is 0 Å². The van der Waals surface area contributed by atoms with Crippen molar-refractivity contribution in [1.82, 2.24) is 15.1 Å². The third kappa shape index (κ3) is 4.13. The lowest BCUT2D eigenvalue weighted by Crippen LogP contribution is -2.38. The van der Waals surface area contributed by atoms with Gasteiger partial charge in [0.1, 0.15) is 0 Å². The number of piperidine rings is 1. The van der Waals surface area contributed by atoms with E-state index in [-0.39, 0.29) is 0 Å². The van der Waals surface area contributed by atoms with Gasteiger partial charge in [0.25, 0.3) is 0 Å². The maximum atomic E-state index is 5.51. The molecule has 1 saturated heterocycles. The quantitative estimate of drug-likeness (QED) is 0.824. The van der Waals surface area contributed by atoms with Gasteiger partial charge in [-0.3, -0.25) is 5.10 Å². The van der Waals surface area contributed by atoms with Gasteiger partial charge in [0.05, 0.1) is 6.20 Å². The van der Waals surface area contributed by atoms with Crippen LogP contribution in [0.1, 0.15) is 62.3 Å². The first kappa shape index (κ1) is 18.4. The second-order valence-electron chi connectivity index (χ2n) is 8.49. The summed E-state index contributed by atoms with van der Waals surface area (Å²) in [6.45, 7) is 10.7. The van der Waals surface area contributed by atoms with Crippen molar-refractivity contribution in [3.05, 3.63) is 41.2 Å². The second kappa shape index (κ2) is 7.93. The van der Waals surface area contributed by atoms with E-state index in [9.17, 15) is 0 Å². The minimum atomic E-state index is 0.343. The van der Waals surface area contributed by atoms with Crippen molar-refractivity contribution in [2.45, 2.75) is 51.9 Å². The molecule has 0 saturated carbocycles. The van der Waals surface area contributed by atoms with Crippen LogP contribution in [-0.2, 0) is 6.42 Å². The molecule has 0 amide bonds. The number of benzene rings is 1. The minimum absolute atomic E-state index is 0.343. The Bertz CT molecular complexity index is 771. The highest BCUT2D eigenvalue weighted by Crippen LogP contribution is 2.34. The average Bonchev–Trinajstić information content (AvgIpc) is 3.30. The summed E-state index contributed by atoms with van der Waals surface area (Å²) < 4.78 is 10.9. The lowest BCUT2D eigenvalue weighted by Gasteiger charge is -2.34. The summed E-state index contributed by atoms with van der Waals surface area (Å²) in [7, 11) is 0. The van der Waals surface area contributed by atoms with Crippen LogP contribution in [0.15, 0.2) is 24.4 Å². The molecule has 2 aliphatic rings. The number of rotatable bonds is 6. The lowest BCUT2D eigenvalue weighted by atomic mass is 9.89. The highest BCUT2D eigenvalue weighted by molar-refractivity contribution is 5.44. The van der Waals surface area contributed by atoms with E-state index in [0.717, 1.165) is 31.0 Å². The van der Waals surface area contributed by atoms with E-state index >= 15 is 0 Å². The van der Waals surface area contributed by atoms with Gasteiger partial charge in [-0.2, -0.15) is 5.10 Å². The fourth-order valence-electron chi connectivity index (χ4n) is 4.53. The number of likely N-dealkylation sites (tertiary alicyclic amines) is 1. The van der Waals surface area contributed by atoms with Gasteiger partial charge in [-0.05, 0) is 60.9 Å². The average molecular weight is 370 g/mol. The molecule has 0 spiro atoms. The Morgan fingerprint density at radius 3 is 2.93 bits per heavy atom. The van der Waals surface area contributed by atoms with E-state index < -0.39 is 0 Å². The van der Waals surface area contributed by atoms with Gasteiger partial charge in [0, 0.05) is 24.7 Å². The summed E-state index contributed by atoms with van der Waals surface area (Å²) in [6.07, 6.45) is 5.60. The SMILES string of the molecule is CC(Cc1ccc2c(c1)OCO2)CN1CCCC(c2[nH]ncc2C(C)C)C1. The standard InChI is InChI=1S/C22H31N3O2/c1-15(2)19-11-23-24-22(19)18-5-4-8-25(13-18)12-16(3)9-17-6-7-20-21(10-17)27-14-26-20/h6-7,10-11,15-16,18H,4-5,8-9,12-14H2,1-3H3,(H,23,24). The van der Waals surface area contributed by atoms with Crippen molar-refractivity contribution in [2.24, 2.45) is 5.92 Å². The monoisotopic (exact) mass is 369 g/mol. The van der Waals surface area contributed by atoms with E-state index in [4.69, 9.17) is 9.47 Å². The Labute approximate surface area is 162 Å². The molecule has 0 radical (unpaired) electrons. The number of hydrogen-bond acceptors (Lipinski definition) is 4. The van der Waals surface area contributed by atoms with Crippen LogP contribution in [0.5, 0.6) is 11.5 Å². The Kier molecular flexibility index (Phi) is 5.39. The molecule has 27 heavy (non-hydrogen) atoms. The third-order valence-electron chi connectivity index (χ3n) is 5.83. The Morgan fingerprint density at radius 1 is 1.22 bits per heavy atom. The van der Waals surface area contributed by atoms with Crippen LogP contribution in [-0.4, -0.2) is 41.5 Å². The first-order valence-electron chi connectivity index (χ1n) is 10.2. The molecule has 1 aromatic heterocycles. The van der Waals surface area contributed by atoms with E-state index in [1.165, 1.54) is 36.2 Å². The molecule has 0 aliphatic carbocycles. The van der Waals surface area contributed by atoms with Gasteiger partial charge in [0.15, 0.2) is 11.5 Å². The summed E-state index contributed by atoms with van der Waals surface area (Å²) >= 11 is 0. The minimum Gasteiger partial charge on any atom is -0.454 e. The van der Waals surface area contributed by atoms with Crippen LogP contribution in [0.3, 0.4) is 0 Å². The summed E-state index contributed by atoms with van der Waals surface area (Å²) in [5.41, 5.74) is 4.07. The number of nitrogens with zero attached hydrogens (tertiary/aromatic N) is 2. The van der Waals surface area contributed by atoms with E-state index in [2.05, 4.69) is 48.0 Å². The molecule has 2 unspecified atom stereocenters. The second-order valence-corrected chi connectivity index (χ2v) is 8.49. The van der Waals surface area contributed by atoms with Gasteiger partial charge < -0.3 is 14.4 Å². The topological polar surface area (TPSA) is 50.4 Å². The molecule has 2 aliphatic heterocycles. The van der Waals surface area contributed by atoms with Crippen molar-refractivity contribution in [3.8, 4) is 11.5 Å². The summed E-state index contributed by atoms with van der Waals surface area (Å²) in [5.74, 6) is 3.47. The maximum absolute atomic E-state index is 5.51. The summed E-state index contributed by atoms with van der Waals surface area (Å²) in [6, 6.07) is 6.34. The number of fused-ring (bicyclic) bond motifs is 1. The number of H-pyrrole nitrogens is 1. The molecule has 146 valence electrons. The van der Waals surface area contributed by atoms with Crippen LogP contribution in [0.2, 0.25) is 0 Å². The molecule has 4 rings (SSSR count).